The van der Waals surface area contributed by atoms with E-state index < -0.39 is 0 Å². The number of rotatable bonds is 5. The Kier molecular flexibility index (Phi) is 3.97. The van der Waals surface area contributed by atoms with E-state index in [1.165, 1.54) is 5.56 Å². The van der Waals surface area contributed by atoms with Crippen LogP contribution < -0.4 is 5.73 Å². The van der Waals surface area contributed by atoms with Gasteiger partial charge in [0.25, 0.3) is 0 Å². The van der Waals surface area contributed by atoms with E-state index in [0.29, 0.717) is 11.5 Å². The maximum Gasteiger partial charge on any atom is 0.110 e. The second-order valence-electron chi connectivity index (χ2n) is 5.05. The number of aryl methyl sites for hydroxylation is 2. The molecule has 0 aliphatic carbocycles. The van der Waals surface area contributed by atoms with E-state index in [0.717, 1.165) is 29.7 Å². The van der Waals surface area contributed by atoms with Crippen LogP contribution in [0, 0.1) is 0 Å². The first-order valence-electron chi connectivity index (χ1n) is 7.00. The van der Waals surface area contributed by atoms with Crippen LogP contribution in [0.1, 0.15) is 11.4 Å². The standard InChI is InChI=1S/C17H17N3S/c18-16(21)12-20-15-9-5-4-8-14(15)19-17(20)11-10-13-6-2-1-3-7-13/h1-9H,10-12H2,(H2,18,21). The predicted molar refractivity (Wildman–Crippen MR) is 90.4 cm³/mol. The summed E-state index contributed by atoms with van der Waals surface area (Å²) in [6.45, 7) is 0.542. The summed E-state index contributed by atoms with van der Waals surface area (Å²) in [6, 6.07) is 18.5. The van der Waals surface area contributed by atoms with Gasteiger partial charge in [-0.2, -0.15) is 0 Å². The van der Waals surface area contributed by atoms with Gasteiger partial charge >= 0.3 is 0 Å². The molecule has 21 heavy (non-hydrogen) atoms. The number of nitrogens with two attached hydrogens (primary N) is 1. The zero-order valence-corrected chi connectivity index (χ0v) is 12.5. The summed E-state index contributed by atoms with van der Waals surface area (Å²) < 4.78 is 2.13. The highest BCUT2D eigenvalue weighted by atomic mass is 32.1. The molecule has 2 aromatic carbocycles. The van der Waals surface area contributed by atoms with E-state index >= 15 is 0 Å². The van der Waals surface area contributed by atoms with Crippen molar-refractivity contribution < 1.29 is 0 Å². The van der Waals surface area contributed by atoms with Crippen LogP contribution in [0.15, 0.2) is 54.6 Å². The second kappa shape index (κ2) is 6.06. The van der Waals surface area contributed by atoms with Gasteiger partial charge in [0.2, 0.25) is 0 Å². The van der Waals surface area contributed by atoms with E-state index in [9.17, 15) is 0 Å². The molecule has 0 fully saturated rings. The number of benzene rings is 2. The molecule has 2 N–H and O–H groups in total. The molecule has 3 nitrogen and oxygen atoms in total. The summed E-state index contributed by atoms with van der Waals surface area (Å²) in [5.41, 5.74) is 9.13. The lowest BCUT2D eigenvalue weighted by Crippen LogP contribution is -2.18. The van der Waals surface area contributed by atoms with E-state index in [-0.39, 0.29) is 0 Å². The Hall–Kier alpha value is -2.20. The van der Waals surface area contributed by atoms with Gasteiger partial charge < -0.3 is 10.3 Å². The van der Waals surface area contributed by atoms with Gasteiger partial charge in [0.15, 0.2) is 0 Å². The minimum atomic E-state index is 0.485. The summed E-state index contributed by atoms with van der Waals surface area (Å²) in [5, 5.41) is 0. The summed E-state index contributed by atoms with van der Waals surface area (Å²) in [6.07, 6.45) is 1.84. The van der Waals surface area contributed by atoms with Gasteiger partial charge in [-0.3, -0.25) is 0 Å². The zero-order chi connectivity index (χ0) is 14.7. The van der Waals surface area contributed by atoms with E-state index in [2.05, 4.69) is 34.9 Å². The minimum Gasteiger partial charge on any atom is -0.392 e. The fraction of sp³-hybridized carbons (Fsp3) is 0.176. The zero-order valence-electron chi connectivity index (χ0n) is 11.7. The van der Waals surface area contributed by atoms with Crippen LogP contribution >= 0.6 is 12.2 Å². The predicted octanol–water partition coefficient (Wildman–Crippen LogP) is 3.11. The Morgan fingerprint density at radius 3 is 2.48 bits per heavy atom. The van der Waals surface area contributed by atoms with Crippen molar-refractivity contribution in [1.29, 1.82) is 0 Å². The van der Waals surface area contributed by atoms with Crippen molar-refractivity contribution in [2.24, 2.45) is 5.73 Å². The number of imidazole rings is 1. The Labute approximate surface area is 129 Å². The lowest BCUT2D eigenvalue weighted by Gasteiger charge is -2.08. The molecule has 0 amide bonds. The Morgan fingerprint density at radius 1 is 1.00 bits per heavy atom. The maximum atomic E-state index is 5.73. The fourth-order valence-electron chi connectivity index (χ4n) is 2.55. The van der Waals surface area contributed by atoms with E-state index in [1.807, 2.05) is 24.3 Å². The molecule has 4 heteroatoms. The smallest absolute Gasteiger partial charge is 0.110 e. The lowest BCUT2D eigenvalue weighted by atomic mass is 10.1. The number of aromatic nitrogens is 2. The van der Waals surface area contributed by atoms with Gasteiger partial charge in [-0.05, 0) is 24.1 Å². The normalized spacial score (nSPS) is 10.9. The SMILES string of the molecule is NC(=S)Cn1c(CCc2ccccc2)nc2ccccc21. The van der Waals surface area contributed by atoms with E-state index in [4.69, 9.17) is 22.9 Å². The molecule has 0 spiro atoms. The van der Waals surface area contributed by atoms with Gasteiger partial charge in [-0.25, -0.2) is 4.98 Å². The van der Waals surface area contributed by atoms with Crippen molar-refractivity contribution in [3.63, 3.8) is 0 Å². The van der Waals surface area contributed by atoms with Crippen LogP contribution in [0.2, 0.25) is 0 Å². The molecular formula is C17H17N3S. The Bertz CT molecular complexity index is 762. The molecule has 1 aromatic heterocycles. The Morgan fingerprint density at radius 2 is 1.71 bits per heavy atom. The molecule has 0 unspecified atom stereocenters. The maximum absolute atomic E-state index is 5.73. The molecule has 0 aliphatic rings. The summed E-state index contributed by atoms with van der Waals surface area (Å²) in [5.74, 6) is 1.04. The fourth-order valence-corrected chi connectivity index (χ4v) is 2.68. The third-order valence-corrected chi connectivity index (χ3v) is 3.66. The number of thiocarbonyl (C=S) groups is 1. The first kappa shape index (κ1) is 13.8. The number of hydrogen-bond donors (Lipinski definition) is 1. The quantitative estimate of drug-likeness (QED) is 0.736. The molecule has 0 aliphatic heterocycles. The van der Waals surface area contributed by atoms with Gasteiger partial charge in [0, 0.05) is 6.42 Å². The first-order chi connectivity index (χ1) is 10.2. The van der Waals surface area contributed by atoms with Crippen molar-refractivity contribution in [1.82, 2.24) is 9.55 Å². The largest absolute Gasteiger partial charge is 0.392 e. The van der Waals surface area contributed by atoms with Gasteiger partial charge in [-0.15, -0.1) is 0 Å². The van der Waals surface area contributed by atoms with E-state index in [1.54, 1.807) is 0 Å². The first-order valence-corrected chi connectivity index (χ1v) is 7.41. The molecule has 0 bridgehead atoms. The number of nitrogens with zero attached hydrogens (tertiary/aromatic N) is 2. The average Bonchev–Trinajstić information content (AvgIpc) is 2.84. The Balaban J connectivity index is 1.91. The van der Waals surface area contributed by atoms with Gasteiger partial charge in [0.05, 0.1) is 22.6 Å². The molecular weight excluding hydrogens is 278 g/mol. The van der Waals surface area contributed by atoms with Gasteiger partial charge in [-0.1, -0.05) is 54.7 Å². The summed E-state index contributed by atoms with van der Waals surface area (Å²) >= 11 is 5.07. The third-order valence-electron chi connectivity index (χ3n) is 3.53. The van der Waals surface area contributed by atoms with Crippen LogP contribution in [-0.2, 0) is 19.4 Å². The number of hydrogen-bond acceptors (Lipinski definition) is 2. The topological polar surface area (TPSA) is 43.8 Å². The van der Waals surface area contributed by atoms with Crippen molar-refractivity contribution >= 4 is 28.2 Å². The highest BCUT2D eigenvalue weighted by molar-refractivity contribution is 7.80. The van der Waals surface area contributed by atoms with Crippen LogP contribution in [-0.4, -0.2) is 14.5 Å². The lowest BCUT2D eigenvalue weighted by molar-refractivity contribution is 0.760. The molecule has 3 aromatic rings. The molecule has 0 atom stereocenters. The highest BCUT2D eigenvalue weighted by Crippen LogP contribution is 2.17. The van der Waals surface area contributed by atoms with Crippen LogP contribution in [0.5, 0.6) is 0 Å². The minimum absolute atomic E-state index is 0.485. The van der Waals surface area contributed by atoms with Crippen molar-refractivity contribution in [2.75, 3.05) is 0 Å². The summed E-state index contributed by atoms with van der Waals surface area (Å²) in [7, 11) is 0. The monoisotopic (exact) mass is 295 g/mol. The molecule has 0 saturated heterocycles. The average molecular weight is 295 g/mol. The van der Waals surface area contributed by atoms with Crippen LogP contribution in [0.3, 0.4) is 0 Å². The highest BCUT2D eigenvalue weighted by Gasteiger charge is 2.10. The van der Waals surface area contributed by atoms with Crippen LogP contribution in [0.25, 0.3) is 11.0 Å². The van der Waals surface area contributed by atoms with Crippen LogP contribution in [0.4, 0.5) is 0 Å². The molecule has 1 heterocycles. The molecule has 3 rings (SSSR count). The molecule has 0 saturated carbocycles. The summed E-state index contributed by atoms with van der Waals surface area (Å²) in [4.78, 5) is 5.21. The molecule has 0 radical (unpaired) electrons. The van der Waals surface area contributed by atoms with Crippen molar-refractivity contribution in [3.8, 4) is 0 Å². The molecule has 106 valence electrons. The van der Waals surface area contributed by atoms with Crippen molar-refractivity contribution in [2.45, 2.75) is 19.4 Å². The second-order valence-corrected chi connectivity index (χ2v) is 5.58. The van der Waals surface area contributed by atoms with Crippen molar-refractivity contribution in [3.05, 3.63) is 66.0 Å². The third kappa shape index (κ3) is 3.11. The number of para-hydroxylation sites is 2. The number of fused-ring (bicyclic) bond motifs is 1. The van der Waals surface area contributed by atoms with Gasteiger partial charge in [0.1, 0.15) is 5.82 Å².